The van der Waals surface area contributed by atoms with Crippen LogP contribution in [0.5, 0.6) is 0 Å². The van der Waals surface area contributed by atoms with Gasteiger partial charge in [0, 0.05) is 16.0 Å². The van der Waals surface area contributed by atoms with Crippen LogP contribution in [-0.4, -0.2) is 11.1 Å². The third-order valence-corrected chi connectivity index (χ3v) is 6.49. The Hall–Kier alpha value is 0.630. The van der Waals surface area contributed by atoms with Crippen molar-refractivity contribution in [3.8, 4) is 0 Å². The van der Waals surface area contributed by atoms with Crippen LogP contribution in [0.25, 0.3) is 0 Å². The summed E-state index contributed by atoms with van der Waals surface area (Å²) < 4.78 is 0. The van der Waals surface area contributed by atoms with Crippen molar-refractivity contribution >= 4 is 50.9 Å². The molecule has 0 unspecified atom stereocenters. The lowest BCUT2D eigenvalue weighted by molar-refractivity contribution is 0.359. The molecule has 0 saturated carbocycles. The Kier molecular flexibility index (Phi) is 6.71. The van der Waals surface area contributed by atoms with Gasteiger partial charge in [0.05, 0.1) is 10.0 Å². The normalized spacial score (nSPS) is 11.8. The van der Waals surface area contributed by atoms with E-state index in [4.69, 9.17) is 23.2 Å². The number of halogens is 3. The Balaban J connectivity index is 2.68. The first-order chi connectivity index (χ1) is 8.06. The number of alkyl halides is 1. The summed E-state index contributed by atoms with van der Waals surface area (Å²) in [6.07, 6.45) is 2.37. The molecule has 0 spiro atoms. The standard InChI is InChI=1S/C13H17BrCl2S/c1-3-13(4-2,8-14)9-17-10-5-6-11(15)12(16)7-10/h5-7H,3-4,8-9H2,1-2H3. The molecule has 4 heteroatoms. The van der Waals surface area contributed by atoms with E-state index in [1.807, 2.05) is 30.0 Å². The van der Waals surface area contributed by atoms with E-state index in [1.165, 1.54) is 17.7 Å². The van der Waals surface area contributed by atoms with Crippen molar-refractivity contribution in [1.29, 1.82) is 0 Å². The molecule has 0 amide bonds. The molecule has 0 aromatic heterocycles. The van der Waals surface area contributed by atoms with Gasteiger partial charge in [-0.15, -0.1) is 11.8 Å². The van der Waals surface area contributed by atoms with E-state index in [-0.39, 0.29) is 0 Å². The zero-order chi connectivity index (χ0) is 12.9. The molecule has 1 rings (SSSR count). The molecule has 0 heterocycles. The highest BCUT2D eigenvalue weighted by Gasteiger charge is 2.24. The van der Waals surface area contributed by atoms with Gasteiger partial charge in [-0.1, -0.05) is 53.0 Å². The third kappa shape index (κ3) is 4.34. The van der Waals surface area contributed by atoms with Crippen molar-refractivity contribution in [2.75, 3.05) is 11.1 Å². The van der Waals surface area contributed by atoms with E-state index in [0.717, 1.165) is 11.1 Å². The molecular formula is C13H17BrCl2S. The molecule has 0 atom stereocenters. The molecule has 96 valence electrons. The predicted molar refractivity (Wildman–Crippen MR) is 84.0 cm³/mol. The third-order valence-electron chi connectivity index (χ3n) is 3.22. The maximum absolute atomic E-state index is 6.01. The number of benzene rings is 1. The molecule has 0 N–H and O–H groups in total. The summed E-state index contributed by atoms with van der Waals surface area (Å²) >= 11 is 17.4. The summed E-state index contributed by atoms with van der Waals surface area (Å²) in [4.78, 5) is 1.19. The summed E-state index contributed by atoms with van der Waals surface area (Å²) in [6.45, 7) is 4.50. The molecule has 0 bridgehead atoms. The average Bonchev–Trinajstić information content (AvgIpc) is 2.36. The Bertz CT molecular complexity index is 356. The van der Waals surface area contributed by atoms with Gasteiger partial charge in [0.15, 0.2) is 0 Å². The summed E-state index contributed by atoms with van der Waals surface area (Å²) in [7, 11) is 0. The second-order valence-electron chi connectivity index (χ2n) is 4.21. The number of hydrogen-bond acceptors (Lipinski definition) is 1. The average molecular weight is 356 g/mol. The Labute approximate surface area is 127 Å². The van der Waals surface area contributed by atoms with Gasteiger partial charge in [0.1, 0.15) is 0 Å². The Morgan fingerprint density at radius 1 is 1.18 bits per heavy atom. The van der Waals surface area contributed by atoms with E-state index in [1.54, 1.807) is 0 Å². The van der Waals surface area contributed by atoms with Crippen LogP contribution >= 0.6 is 50.9 Å². The minimum atomic E-state index is 0.372. The SMILES string of the molecule is CCC(CC)(CBr)CSc1ccc(Cl)c(Cl)c1. The Morgan fingerprint density at radius 2 is 1.82 bits per heavy atom. The summed E-state index contributed by atoms with van der Waals surface area (Å²) in [5.74, 6) is 1.10. The molecule has 0 aliphatic carbocycles. The van der Waals surface area contributed by atoms with Crippen molar-refractivity contribution in [2.45, 2.75) is 31.6 Å². The summed E-state index contributed by atoms with van der Waals surface area (Å²) in [5.41, 5.74) is 0.372. The molecule has 0 aliphatic heterocycles. The van der Waals surface area contributed by atoms with Crippen molar-refractivity contribution in [3.05, 3.63) is 28.2 Å². The monoisotopic (exact) mass is 354 g/mol. The fourth-order valence-electron chi connectivity index (χ4n) is 1.48. The van der Waals surface area contributed by atoms with Gasteiger partial charge in [0.2, 0.25) is 0 Å². The van der Waals surface area contributed by atoms with Crippen LogP contribution in [0.3, 0.4) is 0 Å². The quantitative estimate of drug-likeness (QED) is 0.427. The second-order valence-corrected chi connectivity index (χ2v) is 6.63. The van der Waals surface area contributed by atoms with Crippen LogP contribution < -0.4 is 0 Å². The zero-order valence-electron chi connectivity index (χ0n) is 10.1. The summed E-state index contributed by atoms with van der Waals surface area (Å²) in [5, 5.41) is 2.30. The lowest BCUT2D eigenvalue weighted by Gasteiger charge is -2.29. The van der Waals surface area contributed by atoms with Crippen LogP contribution in [-0.2, 0) is 0 Å². The van der Waals surface area contributed by atoms with Gasteiger partial charge >= 0.3 is 0 Å². The molecular weight excluding hydrogens is 339 g/mol. The van der Waals surface area contributed by atoms with E-state index in [0.29, 0.717) is 15.5 Å². The highest BCUT2D eigenvalue weighted by atomic mass is 79.9. The first kappa shape index (κ1) is 15.7. The van der Waals surface area contributed by atoms with E-state index in [9.17, 15) is 0 Å². The van der Waals surface area contributed by atoms with E-state index >= 15 is 0 Å². The fraction of sp³-hybridized carbons (Fsp3) is 0.538. The van der Waals surface area contributed by atoms with Crippen LogP contribution in [0, 0.1) is 5.41 Å². The highest BCUT2D eigenvalue weighted by molar-refractivity contribution is 9.09. The van der Waals surface area contributed by atoms with Gasteiger partial charge < -0.3 is 0 Å². The van der Waals surface area contributed by atoms with Crippen LogP contribution in [0.4, 0.5) is 0 Å². The molecule has 0 nitrogen and oxygen atoms in total. The maximum atomic E-state index is 6.01. The number of thioether (sulfide) groups is 1. The largest absolute Gasteiger partial charge is 0.126 e. The fourth-order valence-corrected chi connectivity index (χ4v) is 4.45. The predicted octanol–water partition coefficient (Wildman–Crippen LogP) is 6.29. The minimum absolute atomic E-state index is 0.372. The summed E-state index contributed by atoms with van der Waals surface area (Å²) in [6, 6.07) is 5.84. The lowest BCUT2D eigenvalue weighted by atomic mass is 9.87. The van der Waals surface area contributed by atoms with Gasteiger partial charge in [-0.2, -0.15) is 0 Å². The zero-order valence-corrected chi connectivity index (χ0v) is 14.0. The van der Waals surface area contributed by atoms with Crippen LogP contribution in [0.2, 0.25) is 10.0 Å². The molecule has 0 fully saturated rings. The maximum Gasteiger partial charge on any atom is 0.0603 e. The molecule has 0 saturated heterocycles. The van der Waals surface area contributed by atoms with Gasteiger partial charge in [0.25, 0.3) is 0 Å². The minimum Gasteiger partial charge on any atom is -0.126 e. The van der Waals surface area contributed by atoms with Gasteiger partial charge in [-0.05, 0) is 36.5 Å². The van der Waals surface area contributed by atoms with Crippen molar-refractivity contribution in [2.24, 2.45) is 5.41 Å². The number of hydrogen-bond donors (Lipinski definition) is 0. The molecule has 1 aromatic carbocycles. The van der Waals surface area contributed by atoms with Gasteiger partial charge in [-0.25, -0.2) is 0 Å². The topological polar surface area (TPSA) is 0 Å². The molecule has 0 radical (unpaired) electrons. The van der Waals surface area contributed by atoms with Gasteiger partial charge in [-0.3, -0.25) is 0 Å². The van der Waals surface area contributed by atoms with Crippen LogP contribution in [0.15, 0.2) is 23.1 Å². The van der Waals surface area contributed by atoms with Crippen molar-refractivity contribution in [3.63, 3.8) is 0 Å². The first-order valence-corrected chi connectivity index (χ1v) is 8.57. The van der Waals surface area contributed by atoms with Crippen LogP contribution in [0.1, 0.15) is 26.7 Å². The number of rotatable bonds is 6. The highest BCUT2D eigenvalue weighted by Crippen LogP contribution is 2.37. The molecule has 17 heavy (non-hydrogen) atoms. The van der Waals surface area contributed by atoms with Crippen molar-refractivity contribution < 1.29 is 0 Å². The Morgan fingerprint density at radius 3 is 2.29 bits per heavy atom. The molecule has 1 aromatic rings. The van der Waals surface area contributed by atoms with E-state index < -0.39 is 0 Å². The smallest absolute Gasteiger partial charge is 0.0603 e. The van der Waals surface area contributed by atoms with Crippen molar-refractivity contribution in [1.82, 2.24) is 0 Å². The molecule has 0 aliphatic rings. The lowest BCUT2D eigenvalue weighted by Crippen LogP contribution is -2.23. The first-order valence-electron chi connectivity index (χ1n) is 5.70. The second kappa shape index (κ2) is 7.28. The van der Waals surface area contributed by atoms with E-state index in [2.05, 4.69) is 29.8 Å².